The summed E-state index contributed by atoms with van der Waals surface area (Å²) in [6, 6.07) is 12.9. The standard InChI is InChI=1S/C19H15ClFNO3/c1-2-24-19(23)14(11-22)9-13-5-3-6-15(10-13)25-12-16-17(20)7-4-8-18(16)21/h3-10H,2,12H2,1H3/b14-9-. The Kier molecular flexibility index (Phi) is 6.55. The minimum absolute atomic E-state index is 0.0400. The Morgan fingerprint density at radius 2 is 2.08 bits per heavy atom. The average Bonchev–Trinajstić information content (AvgIpc) is 2.60. The number of nitriles is 1. The Morgan fingerprint density at radius 1 is 1.32 bits per heavy atom. The van der Waals surface area contributed by atoms with Crippen LogP contribution in [0.1, 0.15) is 18.1 Å². The normalized spacial score (nSPS) is 10.9. The van der Waals surface area contributed by atoms with Crippen LogP contribution in [0.4, 0.5) is 4.39 Å². The van der Waals surface area contributed by atoms with Crippen LogP contribution >= 0.6 is 11.6 Å². The highest BCUT2D eigenvalue weighted by Crippen LogP contribution is 2.22. The second-order valence-corrected chi connectivity index (χ2v) is 5.36. The zero-order chi connectivity index (χ0) is 18.2. The first-order chi connectivity index (χ1) is 12.0. The lowest BCUT2D eigenvalue weighted by atomic mass is 10.1. The Morgan fingerprint density at radius 3 is 2.76 bits per heavy atom. The fraction of sp³-hybridized carbons (Fsp3) is 0.158. The van der Waals surface area contributed by atoms with Crippen molar-refractivity contribution in [2.75, 3.05) is 6.61 Å². The van der Waals surface area contributed by atoms with Crippen LogP contribution < -0.4 is 4.74 Å². The molecule has 0 radical (unpaired) electrons. The number of benzene rings is 2. The first-order valence-electron chi connectivity index (χ1n) is 7.49. The van der Waals surface area contributed by atoms with Crippen LogP contribution in [0.15, 0.2) is 48.0 Å². The summed E-state index contributed by atoms with van der Waals surface area (Å²) in [6.45, 7) is 1.81. The van der Waals surface area contributed by atoms with Crippen LogP contribution in [0.3, 0.4) is 0 Å². The van der Waals surface area contributed by atoms with Crippen LogP contribution in [0.25, 0.3) is 6.08 Å². The van der Waals surface area contributed by atoms with Crippen molar-refractivity contribution in [1.29, 1.82) is 5.26 Å². The van der Waals surface area contributed by atoms with Crippen LogP contribution in [0.5, 0.6) is 5.75 Å². The molecule has 0 amide bonds. The van der Waals surface area contributed by atoms with E-state index in [0.717, 1.165) is 0 Å². The molecule has 0 atom stereocenters. The predicted octanol–water partition coefficient (Wildman–Crippen LogP) is 4.53. The van der Waals surface area contributed by atoms with E-state index >= 15 is 0 Å². The zero-order valence-corrected chi connectivity index (χ0v) is 14.2. The van der Waals surface area contributed by atoms with Crippen molar-refractivity contribution in [2.24, 2.45) is 0 Å². The van der Waals surface area contributed by atoms with Gasteiger partial charge in [-0.15, -0.1) is 0 Å². The fourth-order valence-corrected chi connectivity index (χ4v) is 2.25. The summed E-state index contributed by atoms with van der Waals surface area (Å²) >= 11 is 5.96. The van der Waals surface area contributed by atoms with Crippen LogP contribution in [-0.4, -0.2) is 12.6 Å². The molecule has 0 saturated carbocycles. The third kappa shape index (κ3) is 5.07. The SMILES string of the molecule is CCOC(=O)/C(C#N)=C\c1cccc(OCc2c(F)cccc2Cl)c1. The zero-order valence-electron chi connectivity index (χ0n) is 13.5. The number of hydrogen-bond acceptors (Lipinski definition) is 4. The molecule has 0 unspecified atom stereocenters. The molecule has 25 heavy (non-hydrogen) atoms. The predicted molar refractivity (Wildman–Crippen MR) is 92.4 cm³/mol. The van der Waals surface area contributed by atoms with Gasteiger partial charge in [-0.05, 0) is 42.8 Å². The van der Waals surface area contributed by atoms with Gasteiger partial charge in [0.2, 0.25) is 0 Å². The van der Waals surface area contributed by atoms with E-state index in [4.69, 9.17) is 26.3 Å². The average molecular weight is 360 g/mol. The molecular weight excluding hydrogens is 345 g/mol. The van der Waals surface area contributed by atoms with Gasteiger partial charge in [-0.3, -0.25) is 0 Å². The number of rotatable bonds is 6. The van der Waals surface area contributed by atoms with E-state index in [1.54, 1.807) is 43.3 Å². The summed E-state index contributed by atoms with van der Waals surface area (Å²) in [7, 11) is 0. The molecule has 0 N–H and O–H groups in total. The minimum Gasteiger partial charge on any atom is -0.489 e. The van der Waals surface area contributed by atoms with Crippen LogP contribution in [0.2, 0.25) is 5.02 Å². The van der Waals surface area contributed by atoms with E-state index in [1.807, 2.05) is 0 Å². The maximum Gasteiger partial charge on any atom is 0.348 e. The van der Waals surface area contributed by atoms with E-state index in [2.05, 4.69) is 0 Å². The van der Waals surface area contributed by atoms with E-state index in [1.165, 1.54) is 18.2 Å². The van der Waals surface area contributed by atoms with Gasteiger partial charge in [0.15, 0.2) is 0 Å². The summed E-state index contributed by atoms with van der Waals surface area (Å²) in [5.74, 6) is -0.679. The molecule has 2 rings (SSSR count). The van der Waals surface area contributed by atoms with Crippen molar-refractivity contribution in [1.82, 2.24) is 0 Å². The highest BCUT2D eigenvalue weighted by Gasteiger charge is 2.10. The van der Waals surface area contributed by atoms with Gasteiger partial charge in [-0.2, -0.15) is 5.26 Å². The van der Waals surface area contributed by atoms with Crippen molar-refractivity contribution < 1.29 is 18.7 Å². The molecule has 0 aliphatic heterocycles. The van der Waals surface area contributed by atoms with Gasteiger partial charge in [0.05, 0.1) is 11.6 Å². The molecular formula is C19H15ClFNO3. The van der Waals surface area contributed by atoms with Crippen molar-refractivity contribution in [3.8, 4) is 11.8 Å². The molecule has 0 aromatic heterocycles. The number of halogens is 2. The van der Waals surface area contributed by atoms with E-state index in [-0.39, 0.29) is 29.4 Å². The fourth-order valence-electron chi connectivity index (χ4n) is 2.03. The van der Waals surface area contributed by atoms with Crippen molar-refractivity contribution in [3.63, 3.8) is 0 Å². The molecule has 0 aliphatic carbocycles. The Bertz CT molecular complexity index is 823. The lowest BCUT2D eigenvalue weighted by Crippen LogP contribution is -2.06. The molecule has 0 heterocycles. The van der Waals surface area contributed by atoms with Crippen molar-refractivity contribution in [2.45, 2.75) is 13.5 Å². The second kappa shape index (κ2) is 8.86. The highest BCUT2D eigenvalue weighted by atomic mass is 35.5. The van der Waals surface area contributed by atoms with E-state index < -0.39 is 11.8 Å². The molecule has 6 heteroatoms. The minimum atomic E-state index is -0.686. The summed E-state index contributed by atoms with van der Waals surface area (Å²) in [5.41, 5.74) is 0.729. The topological polar surface area (TPSA) is 59.3 Å². The number of esters is 1. The largest absolute Gasteiger partial charge is 0.489 e. The monoisotopic (exact) mass is 359 g/mol. The molecule has 2 aromatic rings. The number of carbonyl (C=O) groups excluding carboxylic acids is 1. The summed E-state index contributed by atoms with van der Waals surface area (Å²) < 4.78 is 24.1. The van der Waals surface area contributed by atoms with Gasteiger partial charge < -0.3 is 9.47 Å². The van der Waals surface area contributed by atoms with Gasteiger partial charge in [0, 0.05) is 5.56 Å². The quantitative estimate of drug-likeness (QED) is 0.432. The molecule has 0 spiro atoms. The second-order valence-electron chi connectivity index (χ2n) is 4.95. The van der Waals surface area contributed by atoms with Gasteiger partial charge >= 0.3 is 5.97 Å². The van der Waals surface area contributed by atoms with Gasteiger partial charge in [-0.25, -0.2) is 9.18 Å². The molecule has 0 saturated heterocycles. The lowest BCUT2D eigenvalue weighted by molar-refractivity contribution is -0.137. The molecule has 0 fully saturated rings. The van der Waals surface area contributed by atoms with Crippen LogP contribution in [0, 0.1) is 17.1 Å². The molecule has 0 aliphatic rings. The summed E-state index contributed by atoms with van der Waals surface area (Å²) in [5, 5.41) is 9.34. The van der Waals surface area contributed by atoms with Gasteiger partial charge in [-0.1, -0.05) is 29.8 Å². The third-order valence-corrected chi connectivity index (χ3v) is 3.58. The summed E-state index contributed by atoms with van der Waals surface area (Å²) in [4.78, 5) is 11.6. The van der Waals surface area contributed by atoms with Crippen molar-refractivity contribution in [3.05, 3.63) is 70.0 Å². The molecule has 128 valence electrons. The molecule has 0 bridgehead atoms. The van der Waals surface area contributed by atoms with E-state index in [9.17, 15) is 9.18 Å². The Labute approximate surface area is 150 Å². The summed E-state index contributed by atoms with van der Waals surface area (Å²) in [6.07, 6.45) is 1.40. The lowest BCUT2D eigenvalue weighted by Gasteiger charge is -2.09. The maximum absolute atomic E-state index is 13.8. The number of carbonyl (C=O) groups is 1. The highest BCUT2D eigenvalue weighted by molar-refractivity contribution is 6.31. The Balaban J connectivity index is 2.16. The molecule has 2 aromatic carbocycles. The molecule has 4 nitrogen and oxygen atoms in total. The van der Waals surface area contributed by atoms with Crippen LogP contribution in [-0.2, 0) is 16.1 Å². The Hall–Kier alpha value is -2.84. The van der Waals surface area contributed by atoms with Gasteiger partial charge in [0.1, 0.15) is 29.8 Å². The smallest absolute Gasteiger partial charge is 0.348 e. The number of hydrogen-bond donors (Lipinski definition) is 0. The first-order valence-corrected chi connectivity index (χ1v) is 7.87. The number of ether oxygens (including phenoxy) is 2. The third-order valence-electron chi connectivity index (χ3n) is 3.23. The van der Waals surface area contributed by atoms with Gasteiger partial charge in [0.25, 0.3) is 0 Å². The van der Waals surface area contributed by atoms with Crippen molar-refractivity contribution >= 4 is 23.6 Å². The number of nitrogens with zero attached hydrogens (tertiary/aromatic N) is 1. The maximum atomic E-state index is 13.8. The first kappa shape index (κ1) is 18.5. The van der Waals surface area contributed by atoms with E-state index in [0.29, 0.717) is 11.3 Å².